The zero-order chi connectivity index (χ0) is 16.1. The van der Waals surface area contributed by atoms with Crippen LogP contribution in [0.25, 0.3) is 10.6 Å². The molecule has 0 atom stereocenters. The van der Waals surface area contributed by atoms with E-state index in [1.807, 2.05) is 36.4 Å². The van der Waals surface area contributed by atoms with Gasteiger partial charge < -0.3 is 10.1 Å². The van der Waals surface area contributed by atoms with Crippen molar-refractivity contribution in [1.29, 1.82) is 0 Å². The summed E-state index contributed by atoms with van der Waals surface area (Å²) in [7, 11) is 1.57. The highest BCUT2D eigenvalue weighted by atomic mass is 32.1. The Balaban J connectivity index is 1.63. The van der Waals surface area contributed by atoms with Gasteiger partial charge in [-0.1, -0.05) is 36.4 Å². The fourth-order valence-electron chi connectivity index (χ4n) is 2.00. The van der Waals surface area contributed by atoms with E-state index in [2.05, 4.69) is 15.3 Å². The van der Waals surface area contributed by atoms with Gasteiger partial charge >= 0.3 is 0 Å². The number of carbonyl (C=O) groups excluding carboxylic acids is 1. The summed E-state index contributed by atoms with van der Waals surface area (Å²) < 4.78 is 5.00. The first-order valence-electron chi connectivity index (χ1n) is 7.04. The van der Waals surface area contributed by atoms with Crippen LogP contribution in [0.15, 0.2) is 54.0 Å². The lowest BCUT2D eigenvalue weighted by molar-refractivity contribution is 0.0946. The first kappa shape index (κ1) is 15.2. The zero-order valence-corrected chi connectivity index (χ0v) is 13.3. The van der Waals surface area contributed by atoms with Crippen molar-refractivity contribution in [2.45, 2.75) is 6.54 Å². The van der Waals surface area contributed by atoms with Gasteiger partial charge in [-0.25, -0.2) is 9.97 Å². The molecule has 0 unspecified atom stereocenters. The van der Waals surface area contributed by atoms with Crippen molar-refractivity contribution in [3.8, 4) is 16.5 Å². The summed E-state index contributed by atoms with van der Waals surface area (Å²) in [6.07, 6.45) is 1.68. The van der Waals surface area contributed by atoms with Crippen LogP contribution in [0.2, 0.25) is 0 Å². The second-order valence-corrected chi connectivity index (χ2v) is 5.65. The lowest BCUT2D eigenvalue weighted by atomic mass is 10.2. The van der Waals surface area contributed by atoms with E-state index >= 15 is 0 Å². The summed E-state index contributed by atoms with van der Waals surface area (Å²) in [6, 6.07) is 13.4. The monoisotopic (exact) mass is 325 g/mol. The second-order valence-electron chi connectivity index (χ2n) is 4.80. The Hall–Kier alpha value is -2.73. The van der Waals surface area contributed by atoms with Gasteiger partial charge in [-0.3, -0.25) is 4.79 Å². The quantitative estimate of drug-likeness (QED) is 0.783. The third-order valence-electron chi connectivity index (χ3n) is 3.22. The van der Waals surface area contributed by atoms with Gasteiger partial charge in [-0.15, -0.1) is 11.3 Å². The first-order valence-corrected chi connectivity index (χ1v) is 7.92. The summed E-state index contributed by atoms with van der Waals surface area (Å²) in [5.74, 6) is 0.353. The van der Waals surface area contributed by atoms with E-state index in [0.717, 1.165) is 16.1 Å². The zero-order valence-electron chi connectivity index (χ0n) is 12.5. The second kappa shape index (κ2) is 7.02. The molecule has 23 heavy (non-hydrogen) atoms. The first-order chi connectivity index (χ1) is 11.3. The van der Waals surface area contributed by atoms with Crippen LogP contribution in [-0.2, 0) is 6.54 Å². The number of amides is 1. The van der Waals surface area contributed by atoms with Crippen LogP contribution in [-0.4, -0.2) is 23.0 Å². The van der Waals surface area contributed by atoms with E-state index in [1.54, 1.807) is 24.8 Å². The molecule has 3 aromatic rings. The van der Waals surface area contributed by atoms with E-state index in [4.69, 9.17) is 4.74 Å². The molecular formula is C17H15N3O2S. The number of aromatic nitrogens is 2. The Labute approximate surface area is 138 Å². The molecule has 1 aromatic carbocycles. The van der Waals surface area contributed by atoms with Gasteiger partial charge in [-0.2, -0.15) is 0 Å². The highest BCUT2D eigenvalue weighted by Crippen LogP contribution is 2.23. The van der Waals surface area contributed by atoms with Crippen molar-refractivity contribution in [3.63, 3.8) is 0 Å². The molecular weight excluding hydrogens is 310 g/mol. The van der Waals surface area contributed by atoms with Gasteiger partial charge in [0, 0.05) is 29.8 Å². The Morgan fingerprint density at radius 3 is 2.74 bits per heavy atom. The Bertz CT molecular complexity index is 785. The van der Waals surface area contributed by atoms with E-state index in [0.29, 0.717) is 18.1 Å². The number of carbonyl (C=O) groups is 1. The highest BCUT2D eigenvalue weighted by molar-refractivity contribution is 7.13. The number of methoxy groups -OCH3 is 1. The standard InChI is InChI=1S/C17H15N3O2S/c1-22-15-8-7-12(9-18-15)10-19-16(21)14-11-23-17(20-14)13-5-3-2-4-6-13/h2-9,11H,10H2,1H3,(H,19,21). The number of hydrogen-bond donors (Lipinski definition) is 1. The number of nitrogens with one attached hydrogen (secondary N) is 1. The van der Waals surface area contributed by atoms with Gasteiger partial charge in [0.2, 0.25) is 5.88 Å². The number of rotatable bonds is 5. The molecule has 116 valence electrons. The van der Waals surface area contributed by atoms with Crippen LogP contribution in [0.1, 0.15) is 16.1 Å². The van der Waals surface area contributed by atoms with Gasteiger partial charge in [0.05, 0.1) is 7.11 Å². The molecule has 0 aliphatic heterocycles. The highest BCUT2D eigenvalue weighted by Gasteiger charge is 2.11. The molecule has 0 bridgehead atoms. The fourth-order valence-corrected chi connectivity index (χ4v) is 2.81. The van der Waals surface area contributed by atoms with E-state index in [-0.39, 0.29) is 5.91 Å². The molecule has 1 N–H and O–H groups in total. The Morgan fingerprint density at radius 1 is 1.22 bits per heavy atom. The largest absolute Gasteiger partial charge is 0.481 e. The maximum Gasteiger partial charge on any atom is 0.271 e. The van der Waals surface area contributed by atoms with Gasteiger partial charge in [-0.05, 0) is 5.56 Å². The minimum Gasteiger partial charge on any atom is -0.481 e. The smallest absolute Gasteiger partial charge is 0.271 e. The minimum absolute atomic E-state index is 0.195. The molecule has 0 radical (unpaired) electrons. The van der Waals surface area contributed by atoms with Crippen LogP contribution in [0.3, 0.4) is 0 Å². The van der Waals surface area contributed by atoms with Crippen molar-refractivity contribution in [2.24, 2.45) is 0 Å². The van der Waals surface area contributed by atoms with Gasteiger partial charge in [0.1, 0.15) is 10.7 Å². The number of hydrogen-bond acceptors (Lipinski definition) is 5. The SMILES string of the molecule is COc1ccc(CNC(=O)c2csc(-c3ccccc3)n2)cn1. The van der Waals surface area contributed by atoms with Gasteiger partial charge in [0.15, 0.2) is 0 Å². The normalized spacial score (nSPS) is 10.3. The topological polar surface area (TPSA) is 64.1 Å². The van der Waals surface area contributed by atoms with Crippen molar-refractivity contribution in [2.75, 3.05) is 7.11 Å². The fraction of sp³-hybridized carbons (Fsp3) is 0.118. The molecule has 2 heterocycles. The van der Waals surface area contributed by atoms with Crippen LogP contribution in [0.5, 0.6) is 5.88 Å². The lowest BCUT2D eigenvalue weighted by Gasteiger charge is -2.04. The molecule has 0 saturated heterocycles. The van der Waals surface area contributed by atoms with E-state index in [1.165, 1.54) is 11.3 Å². The van der Waals surface area contributed by atoms with E-state index in [9.17, 15) is 4.79 Å². The third kappa shape index (κ3) is 3.73. The number of nitrogens with zero attached hydrogens (tertiary/aromatic N) is 2. The molecule has 0 saturated carbocycles. The minimum atomic E-state index is -0.195. The predicted molar refractivity (Wildman–Crippen MR) is 89.5 cm³/mol. The van der Waals surface area contributed by atoms with Crippen LogP contribution in [0.4, 0.5) is 0 Å². The number of thiazole rings is 1. The molecule has 0 aliphatic rings. The molecule has 1 amide bonds. The number of ether oxygens (including phenoxy) is 1. The lowest BCUT2D eigenvalue weighted by Crippen LogP contribution is -2.23. The summed E-state index contributed by atoms with van der Waals surface area (Å²) in [5.41, 5.74) is 2.34. The van der Waals surface area contributed by atoms with Crippen molar-refractivity contribution >= 4 is 17.2 Å². The number of benzene rings is 1. The maximum atomic E-state index is 12.2. The Kier molecular flexibility index (Phi) is 4.63. The van der Waals surface area contributed by atoms with Crippen LogP contribution < -0.4 is 10.1 Å². The molecule has 6 heteroatoms. The summed E-state index contributed by atoms with van der Waals surface area (Å²) in [5, 5.41) is 5.44. The maximum absolute atomic E-state index is 12.2. The Morgan fingerprint density at radius 2 is 2.04 bits per heavy atom. The van der Waals surface area contributed by atoms with Crippen molar-refractivity contribution in [1.82, 2.24) is 15.3 Å². The van der Waals surface area contributed by atoms with Crippen molar-refractivity contribution in [3.05, 3.63) is 65.3 Å². The predicted octanol–water partition coefficient (Wildman–Crippen LogP) is 3.14. The molecule has 5 nitrogen and oxygen atoms in total. The van der Waals surface area contributed by atoms with Crippen LogP contribution in [0, 0.1) is 0 Å². The molecule has 0 spiro atoms. The van der Waals surface area contributed by atoms with E-state index < -0.39 is 0 Å². The summed E-state index contributed by atoms with van der Waals surface area (Å²) in [6.45, 7) is 0.397. The number of pyridine rings is 1. The summed E-state index contributed by atoms with van der Waals surface area (Å²) in [4.78, 5) is 20.7. The molecule has 0 aliphatic carbocycles. The molecule has 3 rings (SSSR count). The van der Waals surface area contributed by atoms with Crippen molar-refractivity contribution < 1.29 is 9.53 Å². The molecule has 2 aromatic heterocycles. The average molecular weight is 325 g/mol. The van der Waals surface area contributed by atoms with Gasteiger partial charge in [0.25, 0.3) is 5.91 Å². The summed E-state index contributed by atoms with van der Waals surface area (Å²) >= 11 is 1.46. The average Bonchev–Trinajstić information content (AvgIpc) is 3.11. The third-order valence-corrected chi connectivity index (χ3v) is 4.11. The van der Waals surface area contributed by atoms with Crippen LogP contribution >= 0.6 is 11.3 Å². The molecule has 0 fully saturated rings.